The highest BCUT2D eigenvalue weighted by Gasteiger charge is 2.29. The van der Waals surface area contributed by atoms with E-state index in [9.17, 15) is 23.1 Å². The van der Waals surface area contributed by atoms with Gasteiger partial charge < -0.3 is 14.6 Å². The Kier molecular flexibility index (Phi) is 6.74. The lowest BCUT2D eigenvalue weighted by atomic mass is 10.0. The third kappa shape index (κ3) is 5.61. The Labute approximate surface area is 183 Å². The Morgan fingerprint density at radius 3 is 2.25 bits per heavy atom. The van der Waals surface area contributed by atoms with E-state index >= 15 is 0 Å². The van der Waals surface area contributed by atoms with Crippen LogP contribution in [0.3, 0.4) is 0 Å². The molecule has 0 aliphatic rings. The molecule has 32 heavy (non-hydrogen) atoms. The molecule has 0 saturated carbocycles. The van der Waals surface area contributed by atoms with Crippen molar-refractivity contribution in [2.45, 2.75) is 20.0 Å². The summed E-state index contributed by atoms with van der Waals surface area (Å²) in [6.07, 6.45) is -4.39. The quantitative estimate of drug-likeness (QED) is 0.477. The van der Waals surface area contributed by atoms with Gasteiger partial charge in [0.05, 0.1) is 11.1 Å². The summed E-state index contributed by atoms with van der Waals surface area (Å²) < 4.78 is 49.4. The van der Waals surface area contributed by atoms with E-state index in [-0.39, 0.29) is 12.2 Å². The zero-order valence-electron chi connectivity index (χ0n) is 17.3. The van der Waals surface area contributed by atoms with E-state index in [0.717, 1.165) is 17.7 Å². The number of benzene rings is 3. The highest BCUT2D eigenvalue weighted by atomic mass is 19.4. The van der Waals surface area contributed by atoms with E-state index in [2.05, 4.69) is 11.8 Å². The second kappa shape index (κ2) is 9.48. The SMILES string of the molecule is Cc1cc(Oc2ccccc2OCC#Cc2ccc(C(F)(F)F)cc2)c(C)c(C(=O)O)c1. The fourth-order valence-corrected chi connectivity index (χ4v) is 2.92. The molecule has 1 N–H and O–H groups in total. The summed E-state index contributed by atoms with van der Waals surface area (Å²) in [7, 11) is 0. The van der Waals surface area contributed by atoms with Crippen LogP contribution < -0.4 is 9.47 Å². The Bertz CT molecular complexity index is 1190. The van der Waals surface area contributed by atoms with Crippen LogP contribution in [0, 0.1) is 25.7 Å². The lowest BCUT2D eigenvalue weighted by molar-refractivity contribution is -0.137. The topological polar surface area (TPSA) is 55.8 Å². The Morgan fingerprint density at radius 1 is 0.969 bits per heavy atom. The van der Waals surface area contributed by atoms with Gasteiger partial charge in [0.1, 0.15) is 12.4 Å². The molecule has 0 unspecified atom stereocenters. The molecular weight excluding hydrogens is 421 g/mol. The number of halogens is 3. The van der Waals surface area contributed by atoms with E-state index in [1.807, 2.05) is 0 Å². The van der Waals surface area contributed by atoms with Crippen LogP contribution in [-0.4, -0.2) is 17.7 Å². The molecule has 0 saturated heterocycles. The smallest absolute Gasteiger partial charge is 0.416 e. The van der Waals surface area contributed by atoms with Crippen molar-refractivity contribution < 1.29 is 32.5 Å². The Morgan fingerprint density at radius 2 is 1.62 bits per heavy atom. The molecule has 0 bridgehead atoms. The first kappa shape index (κ1) is 22.8. The van der Waals surface area contributed by atoms with Crippen molar-refractivity contribution >= 4 is 5.97 Å². The molecule has 0 radical (unpaired) electrons. The zero-order chi connectivity index (χ0) is 23.3. The minimum Gasteiger partial charge on any atom is -0.478 e. The van der Waals surface area contributed by atoms with Crippen LogP contribution in [0.1, 0.15) is 32.6 Å². The number of alkyl halides is 3. The molecule has 7 heteroatoms. The maximum absolute atomic E-state index is 12.6. The van der Waals surface area contributed by atoms with E-state index in [4.69, 9.17) is 9.47 Å². The molecule has 3 aromatic carbocycles. The molecule has 0 amide bonds. The third-order valence-electron chi connectivity index (χ3n) is 4.55. The fourth-order valence-electron chi connectivity index (χ4n) is 2.92. The summed E-state index contributed by atoms with van der Waals surface area (Å²) >= 11 is 0. The van der Waals surface area contributed by atoms with Gasteiger partial charge in [-0.1, -0.05) is 24.0 Å². The number of rotatable bonds is 5. The first-order valence-electron chi connectivity index (χ1n) is 9.55. The third-order valence-corrected chi connectivity index (χ3v) is 4.55. The van der Waals surface area contributed by atoms with Gasteiger partial charge in [0.15, 0.2) is 11.5 Å². The molecule has 0 aliphatic heterocycles. The Hall–Kier alpha value is -3.92. The van der Waals surface area contributed by atoms with Crippen molar-refractivity contribution in [2.75, 3.05) is 6.61 Å². The van der Waals surface area contributed by atoms with Crippen LogP contribution in [-0.2, 0) is 6.18 Å². The fraction of sp³-hybridized carbons (Fsp3) is 0.160. The second-order valence-electron chi connectivity index (χ2n) is 6.96. The average molecular weight is 440 g/mol. The van der Waals surface area contributed by atoms with E-state index in [1.165, 1.54) is 12.1 Å². The summed E-state index contributed by atoms with van der Waals surface area (Å²) in [5.74, 6) is 5.64. The minimum atomic E-state index is -4.39. The first-order valence-corrected chi connectivity index (χ1v) is 9.55. The standard InChI is InChI=1S/C25H19F3O4/c1-16-14-20(24(29)30)17(2)23(15-16)32-22-8-4-3-7-21(22)31-13-5-6-18-9-11-19(12-10-18)25(26,27)28/h3-4,7-12,14-15H,13H2,1-2H3,(H,29,30). The van der Waals surface area contributed by atoms with Crippen LogP contribution in [0.25, 0.3) is 0 Å². The molecule has 0 fully saturated rings. The van der Waals surface area contributed by atoms with Crippen molar-refractivity contribution in [2.24, 2.45) is 0 Å². The molecule has 0 aromatic heterocycles. The van der Waals surface area contributed by atoms with E-state index in [1.54, 1.807) is 50.2 Å². The molecular formula is C25H19F3O4. The van der Waals surface area contributed by atoms with Crippen LogP contribution in [0.15, 0.2) is 60.7 Å². The van der Waals surface area contributed by atoms with Gasteiger partial charge in [-0.25, -0.2) is 4.79 Å². The number of hydrogen-bond donors (Lipinski definition) is 1. The normalized spacial score (nSPS) is 10.8. The van der Waals surface area contributed by atoms with Gasteiger partial charge in [0.25, 0.3) is 0 Å². The molecule has 0 spiro atoms. The van der Waals surface area contributed by atoms with Gasteiger partial charge in [0.2, 0.25) is 0 Å². The summed E-state index contributed by atoms with van der Waals surface area (Å²) in [5, 5.41) is 9.38. The average Bonchev–Trinajstić information content (AvgIpc) is 2.74. The number of ether oxygens (including phenoxy) is 2. The lowest BCUT2D eigenvalue weighted by Crippen LogP contribution is -2.04. The van der Waals surface area contributed by atoms with Gasteiger partial charge in [-0.05, 0) is 67.9 Å². The summed E-state index contributed by atoms with van der Waals surface area (Å²) in [6.45, 7) is 3.42. The second-order valence-corrected chi connectivity index (χ2v) is 6.96. The van der Waals surface area contributed by atoms with Crippen molar-refractivity contribution in [1.82, 2.24) is 0 Å². The largest absolute Gasteiger partial charge is 0.478 e. The highest BCUT2D eigenvalue weighted by molar-refractivity contribution is 5.90. The molecule has 4 nitrogen and oxygen atoms in total. The van der Waals surface area contributed by atoms with Crippen molar-refractivity contribution in [3.8, 4) is 29.1 Å². The van der Waals surface area contributed by atoms with Crippen molar-refractivity contribution in [3.05, 3.63) is 88.5 Å². The minimum absolute atomic E-state index is 0.0193. The number of carboxylic acid groups (broad SMARTS) is 1. The summed E-state index contributed by atoms with van der Waals surface area (Å²) in [4.78, 5) is 11.5. The monoisotopic (exact) mass is 440 g/mol. The maximum Gasteiger partial charge on any atom is 0.416 e. The van der Waals surface area contributed by atoms with Crippen LogP contribution in [0.5, 0.6) is 17.2 Å². The molecule has 3 aromatic rings. The van der Waals surface area contributed by atoms with Crippen molar-refractivity contribution in [1.29, 1.82) is 0 Å². The van der Waals surface area contributed by atoms with Gasteiger partial charge >= 0.3 is 12.1 Å². The number of aromatic carboxylic acids is 1. The van der Waals surface area contributed by atoms with Gasteiger partial charge in [-0.15, -0.1) is 0 Å². The molecule has 164 valence electrons. The maximum atomic E-state index is 12.6. The lowest BCUT2D eigenvalue weighted by Gasteiger charge is -2.14. The highest BCUT2D eigenvalue weighted by Crippen LogP contribution is 2.34. The number of aryl methyl sites for hydroxylation is 1. The van der Waals surface area contributed by atoms with Crippen molar-refractivity contribution in [3.63, 3.8) is 0 Å². The van der Waals surface area contributed by atoms with Gasteiger partial charge in [-0.3, -0.25) is 0 Å². The van der Waals surface area contributed by atoms with Gasteiger partial charge in [0, 0.05) is 11.1 Å². The molecule has 0 heterocycles. The van der Waals surface area contributed by atoms with E-state index in [0.29, 0.717) is 28.4 Å². The Balaban J connectivity index is 1.73. The molecule has 0 aliphatic carbocycles. The number of para-hydroxylation sites is 2. The predicted octanol–water partition coefficient (Wildman–Crippen LogP) is 6.24. The van der Waals surface area contributed by atoms with Gasteiger partial charge in [-0.2, -0.15) is 13.2 Å². The van der Waals surface area contributed by atoms with Crippen LogP contribution in [0.2, 0.25) is 0 Å². The summed E-state index contributed by atoms with van der Waals surface area (Å²) in [6, 6.07) is 14.7. The molecule has 3 rings (SSSR count). The zero-order valence-corrected chi connectivity index (χ0v) is 17.3. The van der Waals surface area contributed by atoms with Crippen LogP contribution >= 0.6 is 0 Å². The van der Waals surface area contributed by atoms with E-state index < -0.39 is 17.7 Å². The predicted molar refractivity (Wildman–Crippen MR) is 113 cm³/mol. The number of carbonyl (C=O) groups is 1. The molecule has 0 atom stereocenters. The number of carboxylic acids is 1. The first-order chi connectivity index (χ1) is 15.1. The number of hydrogen-bond acceptors (Lipinski definition) is 3. The van der Waals surface area contributed by atoms with Crippen LogP contribution in [0.4, 0.5) is 13.2 Å². The summed E-state index contributed by atoms with van der Waals surface area (Å²) in [5.41, 5.74) is 1.08.